The molecule has 0 bridgehead atoms. The molecule has 0 aromatic carbocycles. The number of carbonyl (C=O) groups is 1. The largest absolute Gasteiger partial charge is 0.393 e. The van der Waals surface area contributed by atoms with Crippen molar-refractivity contribution in [2.45, 2.75) is 57.1 Å². The van der Waals surface area contributed by atoms with E-state index in [1.807, 2.05) is 18.3 Å². The number of halogens is 1. The van der Waals surface area contributed by atoms with Crippen molar-refractivity contribution in [2.24, 2.45) is 5.41 Å². The van der Waals surface area contributed by atoms with E-state index in [1.165, 1.54) is 0 Å². The molecule has 3 heterocycles. The summed E-state index contributed by atoms with van der Waals surface area (Å²) in [5.74, 6) is 1.31. The smallest absolute Gasteiger partial charge is 0.230 e. The molecule has 6 heteroatoms. The molecule has 4 rings (SSSR count). The van der Waals surface area contributed by atoms with Gasteiger partial charge in [0.05, 0.1) is 11.5 Å². The van der Waals surface area contributed by atoms with E-state index >= 15 is 0 Å². The Hall–Kier alpha value is -1.14. The SMILES string of the molecule is O=C1N([C@H]2CC[C@H](O)CC2)CC[C@]12CCCN(c1ccc(Br)cn1)C2. The third-order valence-corrected chi connectivity index (χ3v) is 6.73. The first-order chi connectivity index (χ1) is 12.1. The third-order valence-electron chi connectivity index (χ3n) is 6.27. The van der Waals surface area contributed by atoms with Gasteiger partial charge in [-0.1, -0.05) is 0 Å². The lowest BCUT2D eigenvalue weighted by Gasteiger charge is -2.41. The van der Waals surface area contributed by atoms with E-state index in [1.54, 1.807) is 0 Å². The minimum absolute atomic E-state index is 0.170. The van der Waals surface area contributed by atoms with Crippen molar-refractivity contribution in [3.63, 3.8) is 0 Å². The maximum Gasteiger partial charge on any atom is 0.230 e. The summed E-state index contributed by atoms with van der Waals surface area (Å²) in [4.78, 5) is 22.2. The Morgan fingerprint density at radius 2 is 1.96 bits per heavy atom. The first-order valence-electron chi connectivity index (χ1n) is 9.43. The summed E-state index contributed by atoms with van der Waals surface area (Å²) in [5.41, 5.74) is -0.233. The number of hydrogen-bond donors (Lipinski definition) is 1. The number of pyridine rings is 1. The summed E-state index contributed by atoms with van der Waals surface area (Å²) in [5, 5.41) is 9.74. The lowest BCUT2D eigenvalue weighted by Crippen LogP contribution is -2.50. The Labute approximate surface area is 157 Å². The molecule has 1 aromatic rings. The van der Waals surface area contributed by atoms with Crippen molar-refractivity contribution >= 4 is 27.7 Å². The lowest BCUT2D eigenvalue weighted by atomic mass is 9.78. The summed E-state index contributed by atoms with van der Waals surface area (Å²) in [6, 6.07) is 4.37. The lowest BCUT2D eigenvalue weighted by molar-refractivity contribution is -0.139. The topological polar surface area (TPSA) is 56.7 Å². The molecule has 1 amide bonds. The zero-order valence-corrected chi connectivity index (χ0v) is 16.1. The molecule has 25 heavy (non-hydrogen) atoms. The van der Waals surface area contributed by atoms with Crippen LogP contribution in [0.5, 0.6) is 0 Å². The number of piperidine rings is 1. The van der Waals surface area contributed by atoms with Crippen LogP contribution in [0.15, 0.2) is 22.8 Å². The van der Waals surface area contributed by atoms with Crippen LogP contribution in [0.4, 0.5) is 5.82 Å². The van der Waals surface area contributed by atoms with Gasteiger partial charge in [-0.15, -0.1) is 0 Å². The van der Waals surface area contributed by atoms with Gasteiger partial charge in [-0.05, 0) is 73.0 Å². The van der Waals surface area contributed by atoms with E-state index in [9.17, 15) is 9.90 Å². The molecular weight excluding hydrogens is 382 g/mol. The average molecular weight is 408 g/mol. The predicted octanol–water partition coefficient (Wildman–Crippen LogP) is 2.97. The Bertz CT molecular complexity index is 630. The maximum atomic E-state index is 13.3. The number of aliphatic hydroxyl groups excluding tert-OH is 1. The molecule has 1 saturated carbocycles. The predicted molar refractivity (Wildman–Crippen MR) is 100 cm³/mol. The second-order valence-corrected chi connectivity index (χ2v) is 8.77. The quantitative estimate of drug-likeness (QED) is 0.818. The number of aromatic nitrogens is 1. The van der Waals surface area contributed by atoms with Crippen LogP contribution >= 0.6 is 15.9 Å². The highest BCUT2D eigenvalue weighted by Crippen LogP contribution is 2.43. The number of amides is 1. The number of carbonyl (C=O) groups excluding carboxylic acids is 1. The van der Waals surface area contributed by atoms with Crippen LogP contribution in [0.2, 0.25) is 0 Å². The first kappa shape index (κ1) is 17.3. The Morgan fingerprint density at radius 1 is 1.16 bits per heavy atom. The molecule has 136 valence electrons. The number of likely N-dealkylation sites (tertiary alicyclic amines) is 1. The summed E-state index contributed by atoms with van der Waals surface area (Å²) in [6.45, 7) is 2.63. The summed E-state index contributed by atoms with van der Waals surface area (Å²) in [7, 11) is 0. The highest BCUT2D eigenvalue weighted by molar-refractivity contribution is 9.10. The molecule has 3 fully saturated rings. The van der Waals surface area contributed by atoms with Crippen LogP contribution in [0.25, 0.3) is 0 Å². The van der Waals surface area contributed by atoms with Gasteiger partial charge in [0.1, 0.15) is 5.82 Å². The Balaban J connectivity index is 1.48. The minimum Gasteiger partial charge on any atom is -0.393 e. The van der Waals surface area contributed by atoms with Gasteiger partial charge >= 0.3 is 0 Å². The van der Waals surface area contributed by atoms with E-state index in [2.05, 4.69) is 30.7 Å². The van der Waals surface area contributed by atoms with Crippen molar-refractivity contribution in [1.29, 1.82) is 0 Å². The van der Waals surface area contributed by atoms with Gasteiger partial charge in [-0.3, -0.25) is 4.79 Å². The van der Waals surface area contributed by atoms with Crippen molar-refractivity contribution in [3.05, 3.63) is 22.8 Å². The monoisotopic (exact) mass is 407 g/mol. The van der Waals surface area contributed by atoms with Gasteiger partial charge in [0.15, 0.2) is 0 Å². The molecule has 2 saturated heterocycles. The zero-order chi connectivity index (χ0) is 17.4. The molecule has 1 aliphatic carbocycles. The summed E-state index contributed by atoms with van der Waals surface area (Å²) >= 11 is 3.44. The average Bonchev–Trinajstić information content (AvgIpc) is 2.93. The van der Waals surface area contributed by atoms with Crippen molar-refractivity contribution in [1.82, 2.24) is 9.88 Å². The fourth-order valence-electron chi connectivity index (χ4n) is 4.83. The van der Waals surface area contributed by atoms with Gasteiger partial charge in [0, 0.05) is 36.3 Å². The standard InChI is InChI=1S/C19H26BrN3O2/c20-14-2-7-17(21-12-14)22-10-1-8-19(13-22)9-11-23(18(19)25)15-3-5-16(24)6-4-15/h2,7,12,15-16,24H,1,3-6,8-11,13H2/t15-,16-,19-/m0/s1. The highest BCUT2D eigenvalue weighted by atomic mass is 79.9. The van der Waals surface area contributed by atoms with Gasteiger partial charge in [-0.2, -0.15) is 0 Å². The van der Waals surface area contributed by atoms with Crippen LogP contribution in [0.1, 0.15) is 44.9 Å². The van der Waals surface area contributed by atoms with Crippen molar-refractivity contribution < 1.29 is 9.90 Å². The Morgan fingerprint density at radius 3 is 2.68 bits per heavy atom. The third kappa shape index (κ3) is 3.31. The molecule has 3 aliphatic rings. The fraction of sp³-hybridized carbons (Fsp3) is 0.684. The number of anilines is 1. The van der Waals surface area contributed by atoms with Crippen LogP contribution in [-0.2, 0) is 4.79 Å². The minimum atomic E-state index is -0.233. The van der Waals surface area contributed by atoms with Crippen LogP contribution < -0.4 is 4.90 Å². The number of nitrogens with zero attached hydrogens (tertiary/aromatic N) is 3. The molecule has 1 atom stereocenters. The van der Waals surface area contributed by atoms with Crippen LogP contribution in [0, 0.1) is 5.41 Å². The van der Waals surface area contributed by atoms with Crippen LogP contribution in [-0.4, -0.2) is 52.7 Å². The van der Waals surface area contributed by atoms with E-state index in [0.29, 0.717) is 11.9 Å². The number of hydrogen-bond acceptors (Lipinski definition) is 4. The highest BCUT2D eigenvalue weighted by Gasteiger charge is 2.50. The van der Waals surface area contributed by atoms with E-state index in [4.69, 9.17) is 0 Å². The summed E-state index contributed by atoms with van der Waals surface area (Å²) in [6.07, 6.45) is 8.20. The van der Waals surface area contributed by atoms with Crippen molar-refractivity contribution in [2.75, 3.05) is 24.5 Å². The zero-order valence-electron chi connectivity index (χ0n) is 14.5. The maximum absolute atomic E-state index is 13.3. The fourth-order valence-corrected chi connectivity index (χ4v) is 5.06. The van der Waals surface area contributed by atoms with Gasteiger partial charge in [-0.25, -0.2) is 4.98 Å². The second kappa shape index (κ2) is 6.88. The Kier molecular flexibility index (Phi) is 4.75. The molecular formula is C19H26BrN3O2. The normalized spacial score (nSPS) is 33.3. The van der Waals surface area contributed by atoms with Crippen molar-refractivity contribution in [3.8, 4) is 0 Å². The molecule has 0 unspecified atom stereocenters. The van der Waals surface area contributed by atoms with Crippen LogP contribution in [0.3, 0.4) is 0 Å². The molecule has 0 radical (unpaired) electrons. The summed E-state index contributed by atoms with van der Waals surface area (Å²) < 4.78 is 0.977. The molecule has 2 aliphatic heterocycles. The van der Waals surface area contributed by atoms with E-state index in [0.717, 1.165) is 74.9 Å². The molecule has 1 spiro atoms. The molecule has 1 N–H and O–H groups in total. The van der Waals surface area contributed by atoms with E-state index in [-0.39, 0.29) is 11.5 Å². The number of aliphatic hydroxyl groups is 1. The van der Waals surface area contributed by atoms with Gasteiger partial charge < -0.3 is 14.9 Å². The first-order valence-corrected chi connectivity index (χ1v) is 10.2. The molecule has 5 nitrogen and oxygen atoms in total. The van der Waals surface area contributed by atoms with Gasteiger partial charge in [0.25, 0.3) is 0 Å². The van der Waals surface area contributed by atoms with Gasteiger partial charge in [0.2, 0.25) is 5.91 Å². The molecule has 1 aromatic heterocycles. The number of rotatable bonds is 2. The second-order valence-electron chi connectivity index (χ2n) is 7.85. The van der Waals surface area contributed by atoms with E-state index < -0.39 is 0 Å².